The normalized spacial score (nSPS) is 20.8. The van der Waals surface area contributed by atoms with Crippen molar-refractivity contribution >= 4 is 0 Å². The zero-order valence-electron chi connectivity index (χ0n) is 8.89. The van der Waals surface area contributed by atoms with Gasteiger partial charge in [-0.25, -0.2) is 0 Å². The monoisotopic (exact) mass is 251 g/mol. The van der Waals surface area contributed by atoms with E-state index in [2.05, 4.69) is 13.8 Å². The lowest BCUT2D eigenvalue weighted by Gasteiger charge is -2.40. The van der Waals surface area contributed by atoms with E-state index in [9.17, 15) is 0 Å². The topological polar surface area (TPSA) is 9.23 Å². The predicted molar refractivity (Wildman–Crippen MR) is 51.1 cm³/mol. The number of unbranched alkanes of at least 4 members (excludes halogenated alkanes) is 1. The van der Waals surface area contributed by atoms with Crippen molar-refractivity contribution in [3.63, 3.8) is 0 Å². The molecular formula is C10H22BrNO. The first kappa shape index (κ1) is 13.4. The van der Waals surface area contributed by atoms with Crippen LogP contribution in [0.25, 0.3) is 0 Å². The second-order valence-corrected chi connectivity index (χ2v) is 3.79. The summed E-state index contributed by atoms with van der Waals surface area (Å²) in [5, 5.41) is 0. The number of ether oxygens (including phenoxy) is 1. The van der Waals surface area contributed by atoms with Crippen LogP contribution in [0, 0.1) is 0 Å². The molecule has 0 radical (unpaired) electrons. The van der Waals surface area contributed by atoms with Gasteiger partial charge in [0.05, 0.1) is 26.3 Å². The minimum absolute atomic E-state index is 0. The summed E-state index contributed by atoms with van der Waals surface area (Å²) in [7, 11) is 0. The number of likely N-dealkylation sites (N-methyl/N-ethyl adjacent to an activating group) is 1. The van der Waals surface area contributed by atoms with E-state index in [-0.39, 0.29) is 17.0 Å². The van der Waals surface area contributed by atoms with E-state index in [1.165, 1.54) is 43.5 Å². The Balaban J connectivity index is 0.00000144. The molecule has 0 saturated carbocycles. The second-order valence-electron chi connectivity index (χ2n) is 3.79. The van der Waals surface area contributed by atoms with Gasteiger partial charge < -0.3 is 26.2 Å². The van der Waals surface area contributed by atoms with E-state index in [4.69, 9.17) is 4.74 Å². The van der Waals surface area contributed by atoms with E-state index >= 15 is 0 Å². The molecule has 2 nitrogen and oxygen atoms in total. The number of halogens is 1. The Labute approximate surface area is 92.6 Å². The first-order valence-corrected chi connectivity index (χ1v) is 5.26. The van der Waals surface area contributed by atoms with Crippen LogP contribution in [0.15, 0.2) is 0 Å². The highest BCUT2D eigenvalue weighted by Gasteiger charge is 2.27. The van der Waals surface area contributed by atoms with Gasteiger partial charge in [-0.3, -0.25) is 0 Å². The molecule has 0 unspecified atom stereocenters. The lowest BCUT2D eigenvalue weighted by atomic mass is 10.2. The maximum Gasteiger partial charge on any atom is 0.102 e. The fourth-order valence-electron chi connectivity index (χ4n) is 1.92. The number of nitrogens with zero attached hydrogens (tertiary/aromatic N) is 1. The fourth-order valence-corrected chi connectivity index (χ4v) is 1.92. The average Bonchev–Trinajstić information content (AvgIpc) is 2.16. The molecular weight excluding hydrogens is 230 g/mol. The third-order valence-corrected chi connectivity index (χ3v) is 3.08. The molecule has 0 bridgehead atoms. The van der Waals surface area contributed by atoms with Crippen LogP contribution in [0.4, 0.5) is 0 Å². The van der Waals surface area contributed by atoms with Crippen molar-refractivity contribution in [1.82, 2.24) is 0 Å². The molecule has 0 aromatic heterocycles. The minimum Gasteiger partial charge on any atom is -1.00 e. The van der Waals surface area contributed by atoms with Gasteiger partial charge in [-0.05, 0) is 13.3 Å². The molecule has 1 aliphatic heterocycles. The van der Waals surface area contributed by atoms with Crippen molar-refractivity contribution in [2.45, 2.75) is 26.7 Å². The summed E-state index contributed by atoms with van der Waals surface area (Å²) in [6.45, 7) is 11.6. The van der Waals surface area contributed by atoms with Crippen LogP contribution in [0.5, 0.6) is 0 Å². The van der Waals surface area contributed by atoms with E-state index in [0.717, 1.165) is 13.2 Å². The maximum atomic E-state index is 5.39. The van der Waals surface area contributed by atoms with E-state index < -0.39 is 0 Å². The van der Waals surface area contributed by atoms with Crippen molar-refractivity contribution in [2.24, 2.45) is 0 Å². The number of morpholine rings is 1. The molecule has 0 aliphatic carbocycles. The van der Waals surface area contributed by atoms with Crippen LogP contribution >= 0.6 is 0 Å². The summed E-state index contributed by atoms with van der Waals surface area (Å²) >= 11 is 0. The lowest BCUT2D eigenvalue weighted by molar-refractivity contribution is -0.933. The van der Waals surface area contributed by atoms with Crippen LogP contribution < -0.4 is 17.0 Å². The highest BCUT2D eigenvalue weighted by molar-refractivity contribution is 4.49. The molecule has 1 heterocycles. The van der Waals surface area contributed by atoms with Crippen LogP contribution in [-0.4, -0.2) is 43.9 Å². The van der Waals surface area contributed by atoms with Gasteiger partial charge in [-0.15, -0.1) is 0 Å². The van der Waals surface area contributed by atoms with Crippen LogP contribution in [0.1, 0.15) is 26.7 Å². The SMILES string of the molecule is CCCC[N+]1(CC)CCOCC1.[Br-]. The molecule has 0 aromatic rings. The Bertz CT molecular complexity index is 124. The molecule has 0 amide bonds. The van der Waals surface area contributed by atoms with Crippen molar-refractivity contribution in [3.8, 4) is 0 Å². The summed E-state index contributed by atoms with van der Waals surface area (Å²) < 4.78 is 6.69. The predicted octanol–water partition coefficient (Wildman–Crippen LogP) is -1.34. The number of hydrogen-bond donors (Lipinski definition) is 0. The van der Waals surface area contributed by atoms with Crippen molar-refractivity contribution in [2.75, 3.05) is 39.4 Å². The molecule has 3 heteroatoms. The molecule has 1 aliphatic rings. The smallest absolute Gasteiger partial charge is 0.102 e. The second kappa shape index (κ2) is 6.80. The van der Waals surface area contributed by atoms with Gasteiger partial charge in [-0.1, -0.05) is 13.3 Å². The molecule has 1 rings (SSSR count). The van der Waals surface area contributed by atoms with Gasteiger partial charge in [-0.2, -0.15) is 0 Å². The Morgan fingerprint density at radius 1 is 1.15 bits per heavy atom. The van der Waals surface area contributed by atoms with Gasteiger partial charge in [0, 0.05) is 0 Å². The van der Waals surface area contributed by atoms with Crippen molar-refractivity contribution in [1.29, 1.82) is 0 Å². The summed E-state index contributed by atoms with van der Waals surface area (Å²) in [5.74, 6) is 0. The highest BCUT2D eigenvalue weighted by Crippen LogP contribution is 2.12. The van der Waals surface area contributed by atoms with Crippen molar-refractivity contribution in [3.05, 3.63) is 0 Å². The van der Waals surface area contributed by atoms with Gasteiger partial charge in [0.25, 0.3) is 0 Å². The van der Waals surface area contributed by atoms with Crippen molar-refractivity contribution < 1.29 is 26.2 Å². The number of quaternary nitrogens is 1. The Morgan fingerprint density at radius 2 is 1.77 bits per heavy atom. The zero-order chi connectivity index (χ0) is 8.86. The van der Waals surface area contributed by atoms with Gasteiger partial charge in [0.15, 0.2) is 0 Å². The first-order valence-electron chi connectivity index (χ1n) is 5.26. The molecule has 0 spiro atoms. The molecule has 1 saturated heterocycles. The van der Waals surface area contributed by atoms with Crippen LogP contribution in [0.3, 0.4) is 0 Å². The van der Waals surface area contributed by atoms with E-state index in [0.29, 0.717) is 0 Å². The third-order valence-electron chi connectivity index (χ3n) is 3.08. The van der Waals surface area contributed by atoms with E-state index in [1.54, 1.807) is 0 Å². The van der Waals surface area contributed by atoms with Gasteiger partial charge >= 0.3 is 0 Å². The molecule has 0 N–H and O–H groups in total. The number of rotatable bonds is 4. The molecule has 0 aromatic carbocycles. The molecule has 80 valence electrons. The van der Waals surface area contributed by atoms with Crippen LogP contribution in [0.2, 0.25) is 0 Å². The summed E-state index contributed by atoms with van der Waals surface area (Å²) in [6, 6.07) is 0. The quantitative estimate of drug-likeness (QED) is 0.563. The van der Waals surface area contributed by atoms with E-state index in [1.807, 2.05) is 0 Å². The standard InChI is InChI=1S/C10H22NO.BrH/c1-3-5-6-11(4-2)7-9-12-10-8-11;/h3-10H2,1-2H3;1H/q+1;/p-1. The number of hydrogen-bond acceptors (Lipinski definition) is 1. The molecule has 13 heavy (non-hydrogen) atoms. The molecule has 1 fully saturated rings. The Morgan fingerprint density at radius 3 is 2.23 bits per heavy atom. The summed E-state index contributed by atoms with van der Waals surface area (Å²) in [4.78, 5) is 0. The lowest BCUT2D eigenvalue weighted by Crippen LogP contribution is -3.00. The minimum atomic E-state index is 0. The zero-order valence-corrected chi connectivity index (χ0v) is 10.5. The third kappa shape index (κ3) is 3.96. The largest absolute Gasteiger partial charge is 1.00 e. The van der Waals surface area contributed by atoms with Gasteiger partial charge in [0.1, 0.15) is 13.1 Å². The highest BCUT2D eigenvalue weighted by atomic mass is 79.9. The first-order chi connectivity index (χ1) is 5.83. The summed E-state index contributed by atoms with van der Waals surface area (Å²) in [5.41, 5.74) is 0. The maximum absolute atomic E-state index is 5.39. The Kier molecular flexibility index (Phi) is 7.00. The Hall–Kier alpha value is 0.400. The fraction of sp³-hybridized carbons (Fsp3) is 1.00. The van der Waals surface area contributed by atoms with Crippen LogP contribution in [-0.2, 0) is 4.74 Å². The molecule has 0 atom stereocenters. The average molecular weight is 252 g/mol. The summed E-state index contributed by atoms with van der Waals surface area (Å²) in [6.07, 6.45) is 2.69. The van der Waals surface area contributed by atoms with Gasteiger partial charge in [0.2, 0.25) is 0 Å².